The van der Waals surface area contributed by atoms with Crippen LogP contribution in [0.5, 0.6) is 0 Å². The van der Waals surface area contributed by atoms with Gasteiger partial charge in [-0.15, -0.1) is 0 Å². The van der Waals surface area contributed by atoms with Crippen LogP contribution in [0.1, 0.15) is 34.6 Å². The van der Waals surface area contributed by atoms with Gasteiger partial charge in [-0.3, -0.25) is 0 Å². The van der Waals surface area contributed by atoms with Gasteiger partial charge in [-0.1, -0.05) is 6.92 Å². The molecule has 0 aliphatic heterocycles. The van der Waals surface area contributed by atoms with E-state index in [1.54, 1.807) is 0 Å². The summed E-state index contributed by atoms with van der Waals surface area (Å²) in [6, 6.07) is 0. The van der Waals surface area contributed by atoms with E-state index in [4.69, 9.17) is 0 Å². The summed E-state index contributed by atoms with van der Waals surface area (Å²) < 4.78 is 0. The Hall–Kier alpha value is -0.443. The molecule has 0 radical (unpaired) electrons. The van der Waals surface area contributed by atoms with Crippen LogP contribution in [-0.4, -0.2) is 46.2 Å². The number of allylic oxidation sites excluding steroid dienone is 1. The maximum Gasteiger partial charge on any atom is 0.0286 e. The Morgan fingerprint density at radius 1 is 1.07 bits per heavy atom. The molecule has 3 heteroatoms. The molecule has 1 atom stereocenters. The SMILES string of the molecule is CCN(C=C(C(C)[SiH3])N(CC)CC)CC. The fraction of sp³-hybridized carbons (Fsp3) is 0.833. The van der Waals surface area contributed by atoms with Crippen LogP contribution in [-0.2, 0) is 0 Å². The first kappa shape index (κ1) is 14.6. The minimum atomic E-state index is 0.741. The molecule has 0 spiro atoms. The van der Waals surface area contributed by atoms with Gasteiger partial charge in [0.15, 0.2) is 0 Å². The lowest BCUT2D eigenvalue weighted by atomic mass is 10.3. The first-order chi connectivity index (χ1) is 7.10. The Bertz CT molecular complexity index is 182. The maximum atomic E-state index is 2.48. The Morgan fingerprint density at radius 3 is 1.80 bits per heavy atom. The predicted octanol–water partition coefficient (Wildman–Crippen LogP) is 1.69. The van der Waals surface area contributed by atoms with Gasteiger partial charge in [0.2, 0.25) is 0 Å². The molecular weight excluding hydrogens is 200 g/mol. The van der Waals surface area contributed by atoms with Crippen LogP contribution < -0.4 is 0 Å². The highest BCUT2D eigenvalue weighted by atomic mass is 28.1. The molecule has 0 saturated carbocycles. The molecule has 0 aromatic rings. The highest BCUT2D eigenvalue weighted by molar-refractivity contribution is 6.13. The Kier molecular flexibility index (Phi) is 7.57. The lowest BCUT2D eigenvalue weighted by Crippen LogP contribution is -2.27. The highest BCUT2D eigenvalue weighted by Crippen LogP contribution is 2.18. The molecule has 90 valence electrons. The predicted molar refractivity (Wildman–Crippen MR) is 73.3 cm³/mol. The summed E-state index contributed by atoms with van der Waals surface area (Å²) in [5.41, 5.74) is 2.26. The van der Waals surface area contributed by atoms with Crippen molar-refractivity contribution in [2.24, 2.45) is 0 Å². The van der Waals surface area contributed by atoms with Crippen LogP contribution >= 0.6 is 0 Å². The normalized spacial score (nSPS) is 14.1. The van der Waals surface area contributed by atoms with Crippen LogP contribution in [0.3, 0.4) is 0 Å². The van der Waals surface area contributed by atoms with Crippen LogP contribution in [0, 0.1) is 0 Å². The van der Waals surface area contributed by atoms with E-state index in [1.807, 2.05) is 0 Å². The molecule has 0 aliphatic carbocycles. The number of hydrogen-bond donors (Lipinski definition) is 0. The molecule has 0 heterocycles. The average molecular weight is 228 g/mol. The molecule has 0 amide bonds. The first-order valence-corrected chi connectivity index (χ1v) is 7.46. The Labute approximate surface area is 98.8 Å². The zero-order valence-corrected chi connectivity index (χ0v) is 13.4. The molecule has 2 nitrogen and oxygen atoms in total. The Balaban J connectivity index is 4.76. The van der Waals surface area contributed by atoms with Crippen LogP contribution in [0.25, 0.3) is 0 Å². The van der Waals surface area contributed by atoms with Crippen LogP contribution in [0.4, 0.5) is 0 Å². The molecule has 0 N–H and O–H groups in total. The van der Waals surface area contributed by atoms with Crippen molar-refractivity contribution in [2.45, 2.75) is 40.2 Å². The molecule has 0 aliphatic rings. The number of hydrogen-bond acceptors (Lipinski definition) is 2. The molecule has 0 bridgehead atoms. The topological polar surface area (TPSA) is 6.48 Å². The van der Waals surface area contributed by atoms with Crippen molar-refractivity contribution >= 4 is 10.2 Å². The van der Waals surface area contributed by atoms with Gasteiger partial charge in [0.25, 0.3) is 0 Å². The third kappa shape index (κ3) is 4.73. The molecule has 1 unspecified atom stereocenters. The Morgan fingerprint density at radius 2 is 1.53 bits per heavy atom. The lowest BCUT2D eigenvalue weighted by molar-refractivity contribution is 0.341. The standard InChI is InChI=1S/C12H28N2Si/c1-6-13(7-2)10-12(11(5)15)14(8-3)9-4/h10-11H,6-9H2,1-5,15H3. The van der Waals surface area contributed by atoms with Crippen molar-refractivity contribution in [3.8, 4) is 0 Å². The third-order valence-electron chi connectivity index (χ3n) is 2.85. The fourth-order valence-corrected chi connectivity index (χ4v) is 2.29. The van der Waals surface area contributed by atoms with E-state index in [9.17, 15) is 0 Å². The minimum absolute atomic E-state index is 0.741. The summed E-state index contributed by atoms with van der Waals surface area (Å²) in [5.74, 6) is 0. The fourth-order valence-electron chi connectivity index (χ4n) is 1.78. The van der Waals surface area contributed by atoms with Crippen molar-refractivity contribution in [3.05, 3.63) is 11.9 Å². The van der Waals surface area contributed by atoms with Gasteiger partial charge >= 0.3 is 0 Å². The maximum absolute atomic E-state index is 2.48. The van der Waals surface area contributed by atoms with Crippen molar-refractivity contribution in [2.75, 3.05) is 26.2 Å². The lowest BCUT2D eigenvalue weighted by Gasteiger charge is -2.30. The van der Waals surface area contributed by atoms with E-state index in [0.717, 1.165) is 31.7 Å². The summed E-state index contributed by atoms with van der Waals surface area (Å²) >= 11 is 0. The summed E-state index contributed by atoms with van der Waals surface area (Å²) in [7, 11) is 1.23. The summed E-state index contributed by atoms with van der Waals surface area (Å²) in [6.45, 7) is 15.7. The molecule has 15 heavy (non-hydrogen) atoms. The van der Waals surface area contributed by atoms with E-state index in [0.29, 0.717) is 0 Å². The third-order valence-corrected chi connectivity index (χ3v) is 3.44. The molecule has 0 aromatic carbocycles. The van der Waals surface area contributed by atoms with Crippen molar-refractivity contribution < 1.29 is 0 Å². The largest absolute Gasteiger partial charge is 0.377 e. The van der Waals surface area contributed by atoms with E-state index in [-0.39, 0.29) is 0 Å². The highest BCUT2D eigenvalue weighted by Gasteiger charge is 2.10. The van der Waals surface area contributed by atoms with Gasteiger partial charge in [-0.05, 0) is 33.2 Å². The second kappa shape index (κ2) is 7.80. The van der Waals surface area contributed by atoms with Crippen molar-refractivity contribution in [1.29, 1.82) is 0 Å². The van der Waals surface area contributed by atoms with Gasteiger partial charge in [-0.2, -0.15) is 0 Å². The number of rotatable bonds is 7. The molecule has 0 fully saturated rings. The van der Waals surface area contributed by atoms with Gasteiger partial charge in [0, 0.05) is 48.3 Å². The quantitative estimate of drug-likeness (QED) is 0.612. The van der Waals surface area contributed by atoms with Crippen molar-refractivity contribution in [3.63, 3.8) is 0 Å². The minimum Gasteiger partial charge on any atom is -0.377 e. The van der Waals surface area contributed by atoms with Gasteiger partial charge in [0.1, 0.15) is 0 Å². The van der Waals surface area contributed by atoms with E-state index in [2.05, 4.69) is 50.6 Å². The van der Waals surface area contributed by atoms with Crippen molar-refractivity contribution in [1.82, 2.24) is 9.80 Å². The summed E-state index contributed by atoms with van der Waals surface area (Å²) in [4.78, 5) is 4.87. The number of nitrogens with zero attached hydrogens (tertiary/aromatic N) is 2. The monoisotopic (exact) mass is 228 g/mol. The van der Waals surface area contributed by atoms with Gasteiger partial charge in [0.05, 0.1) is 0 Å². The molecule has 0 rings (SSSR count). The summed E-state index contributed by atoms with van der Waals surface area (Å²) in [5, 5.41) is 0. The first-order valence-electron chi connectivity index (χ1n) is 6.31. The van der Waals surface area contributed by atoms with Crippen LogP contribution in [0.2, 0.25) is 5.54 Å². The van der Waals surface area contributed by atoms with Gasteiger partial charge < -0.3 is 9.80 Å². The average Bonchev–Trinajstić information content (AvgIpc) is 2.24. The van der Waals surface area contributed by atoms with E-state index >= 15 is 0 Å². The van der Waals surface area contributed by atoms with Crippen LogP contribution in [0.15, 0.2) is 11.9 Å². The zero-order valence-electron chi connectivity index (χ0n) is 11.4. The second-order valence-corrected chi connectivity index (χ2v) is 5.83. The molecule has 0 saturated heterocycles. The second-order valence-electron chi connectivity index (χ2n) is 4.10. The summed E-state index contributed by atoms with van der Waals surface area (Å²) in [6.07, 6.45) is 2.37. The van der Waals surface area contributed by atoms with Gasteiger partial charge in [-0.25, -0.2) is 0 Å². The zero-order chi connectivity index (χ0) is 11.8. The smallest absolute Gasteiger partial charge is 0.0286 e. The molecular formula is C12H28N2Si. The van der Waals surface area contributed by atoms with E-state index < -0.39 is 0 Å². The molecule has 0 aromatic heterocycles. The van der Waals surface area contributed by atoms with E-state index in [1.165, 1.54) is 15.9 Å².